The van der Waals surface area contributed by atoms with E-state index in [4.69, 9.17) is 5.73 Å². The number of anilines is 1. The number of amides is 1. The average Bonchev–Trinajstić information content (AvgIpc) is 3.00. The van der Waals surface area contributed by atoms with E-state index in [-0.39, 0.29) is 11.9 Å². The molecule has 20 heavy (non-hydrogen) atoms. The third kappa shape index (κ3) is 2.24. The van der Waals surface area contributed by atoms with E-state index in [0.717, 1.165) is 31.0 Å². The first-order valence-electron chi connectivity index (χ1n) is 6.73. The summed E-state index contributed by atoms with van der Waals surface area (Å²) in [7, 11) is 0. The second-order valence-corrected chi connectivity index (χ2v) is 5.05. The monoisotopic (exact) mass is 271 g/mol. The van der Waals surface area contributed by atoms with Crippen LogP contribution in [0.4, 0.5) is 5.69 Å². The molecule has 0 fully saturated rings. The first-order valence-corrected chi connectivity index (χ1v) is 6.73. The Kier molecular flexibility index (Phi) is 3.14. The number of hydrogen-bond donors (Lipinski definition) is 2. The van der Waals surface area contributed by atoms with E-state index in [2.05, 4.69) is 20.1 Å². The molecule has 3 N–H and O–H groups in total. The number of fused-ring (bicyclic) bond motifs is 1. The maximum Gasteiger partial charge on any atom is 0.251 e. The largest absolute Gasteiger partial charge is 0.399 e. The second-order valence-electron chi connectivity index (χ2n) is 5.05. The molecule has 2 heterocycles. The van der Waals surface area contributed by atoms with Crippen molar-refractivity contribution in [3.63, 3.8) is 0 Å². The Hall–Kier alpha value is -2.37. The highest BCUT2D eigenvalue weighted by molar-refractivity contribution is 5.95. The standard InChI is InChI=1S/C14H17N5O/c1-9(13-18-17-12-6-3-7-19(12)13)16-14(20)10-4-2-5-11(15)8-10/h2,4-5,8-9H,3,6-7,15H2,1H3,(H,16,20). The summed E-state index contributed by atoms with van der Waals surface area (Å²) >= 11 is 0. The molecule has 0 aliphatic carbocycles. The maximum atomic E-state index is 12.2. The maximum absolute atomic E-state index is 12.2. The van der Waals surface area contributed by atoms with E-state index in [0.29, 0.717) is 11.3 Å². The Morgan fingerprint density at radius 2 is 2.30 bits per heavy atom. The van der Waals surface area contributed by atoms with E-state index in [9.17, 15) is 4.79 Å². The van der Waals surface area contributed by atoms with Gasteiger partial charge in [0, 0.05) is 24.2 Å². The van der Waals surface area contributed by atoms with Gasteiger partial charge in [-0.1, -0.05) is 6.07 Å². The van der Waals surface area contributed by atoms with Crippen LogP contribution in [0.15, 0.2) is 24.3 Å². The molecule has 1 amide bonds. The molecular formula is C14H17N5O. The Morgan fingerprint density at radius 1 is 1.45 bits per heavy atom. The highest BCUT2D eigenvalue weighted by Crippen LogP contribution is 2.19. The second kappa shape index (κ2) is 4.96. The molecule has 104 valence electrons. The number of aromatic nitrogens is 3. The van der Waals surface area contributed by atoms with Crippen LogP contribution in [0.25, 0.3) is 0 Å². The Labute approximate surface area is 117 Å². The molecule has 1 aromatic heterocycles. The van der Waals surface area contributed by atoms with Gasteiger partial charge in [-0.05, 0) is 31.5 Å². The average molecular weight is 271 g/mol. The van der Waals surface area contributed by atoms with Crippen LogP contribution in [0, 0.1) is 0 Å². The third-order valence-electron chi connectivity index (χ3n) is 3.52. The summed E-state index contributed by atoms with van der Waals surface area (Å²) in [4.78, 5) is 12.2. The number of aryl methyl sites for hydroxylation is 1. The first kappa shape index (κ1) is 12.7. The van der Waals surface area contributed by atoms with Crippen LogP contribution in [0.2, 0.25) is 0 Å². The van der Waals surface area contributed by atoms with Crippen LogP contribution in [-0.2, 0) is 13.0 Å². The normalized spacial score (nSPS) is 14.8. The summed E-state index contributed by atoms with van der Waals surface area (Å²) in [6.45, 7) is 2.84. The zero-order chi connectivity index (χ0) is 14.1. The van der Waals surface area contributed by atoms with E-state index in [1.807, 2.05) is 6.92 Å². The predicted octanol–water partition coefficient (Wildman–Crippen LogP) is 1.30. The van der Waals surface area contributed by atoms with E-state index in [1.54, 1.807) is 24.3 Å². The lowest BCUT2D eigenvalue weighted by Gasteiger charge is -2.14. The van der Waals surface area contributed by atoms with Crippen LogP contribution in [-0.4, -0.2) is 20.7 Å². The van der Waals surface area contributed by atoms with Gasteiger partial charge in [0.05, 0.1) is 6.04 Å². The predicted molar refractivity (Wildman–Crippen MR) is 75.1 cm³/mol. The van der Waals surface area contributed by atoms with Crippen LogP contribution < -0.4 is 11.1 Å². The molecule has 1 atom stereocenters. The lowest BCUT2D eigenvalue weighted by atomic mass is 10.2. The summed E-state index contributed by atoms with van der Waals surface area (Å²) in [6, 6.07) is 6.75. The van der Waals surface area contributed by atoms with Gasteiger partial charge in [0.15, 0.2) is 5.82 Å². The highest BCUT2D eigenvalue weighted by Gasteiger charge is 2.22. The molecule has 1 unspecified atom stereocenters. The smallest absolute Gasteiger partial charge is 0.251 e. The number of nitrogens with zero attached hydrogens (tertiary/aromatic N) is 3. The summed E-state index contributed by atoms with van der Waals surface area (Å²) in [6.07, 6.45) is 2.05. The van der Waals surface area contributed by atoms with Gasteiger partial charge in [0.25, 0.3) is 5.91 Å². The van der Waals surface area contributed by atoms with Gasteiger partial charge in [-0.25, -0.2) is 0 Å². The zero-order valence-electron chi connectivity index (χ0n) is 11.3. The number of rotatable bonds is 3. The van der Waals surface area contributed by atoms with Gasteiger partial charge in [-0.3, -0.25) is 4.79 Å². The highest BCUT2D eigenvalue weighted by atomic mass is 16.1. The molecule has 1 aromatic carbocycles. The Balaban J connectivity index is 1.75. The van der Waals surface area contributed by atoms with Crippen molar-refractivity contribution in [1.29, 1.82) is 0 Å². The zero-order valence-corrected chi connectivity index (χ0v) is 11.3. The Morgan fingerprint density at radius 3 is 3.10 bits per heavy atom. The fourth-order valence-corrected chi connectivity index (χ4v) is 2.52. The van der Waals surface area contributed by atoms with E-state index in [1.165, 1.54) is 0 Å². The molecule has 3 rings (SSSR count). The van der Waals surface area contributed by atoms with Crippen molar-refractivity contribution in [2.24, 2.45) is 0 Å². The van der Waals surface area contributed by atoms with Crippen LogP contribution in [0.1, 0.15) is 41.4 Å². The van der Waals surface area contributed by atoms with Gasteiger partial charge < -0.3 is 15.6 Å². The number of nitrogen functional groups attached to an aromatic ring is 1. The first-order chi connectivity index (χ1) is 9.65. The Bertz CT molecular complexity index is 649. The van der Waals surface area contributed by atoms with Crippen LogP contribution >= 0.6 is 0 Å². The summed E-state index contributed by atoms with van der Waals surface area (Å²) in [5.74, 6) is 1.67. The number of nitrogens with one attached hydrogen (secondary N) is 1. The van der Waals surface area contributed by atoms with Crippen molar-refractivity contribution in [2.75, 3.05) is 5.73 Å². The quantitative estimate of drug-likeness (QED) is 0.824. The molecule has 0 spiro atoms. The molecule has 0 radical (unpaired) electrons. The number of carbonyl (C=O) groups is 1. The van der Waals surface area contributed by atoms with Gasteiger partial charge in [0.1, 0.15) is 5.82 Å². The molecule has 1 aliphatic rings. The molecular weight excluding hydrogens is 254 g/mol. The summed E-state index contributed by atoms with van der Waals surface area (Å²) < 4.78 is 2.09. The minimum atomic E-state index is -0.178. The minimum absolute atomic E-state index is 0.153. The van der Waals surface area contributed by atoms with Gasteiger partial charge in [-0.2, -0.15) is 0 Å². The van der Waals surface area contributed by atoms with Crippen molar-refractivity contribution in [3.8, 4) is 0 Å². The summed E-state index contributed by atoms with van der Waals surface area (Å²) in [5.41, 5.74) is 6.82. The number of hydrogen-bond acceptors (Lipinski definition) is 4. The number of nitrogens with two attached hydrogens (primary N) is 1. The molecule has 6 heteroatoms. The molecule has 2 aromatic rings. The van der Waals surface area contributed by atoms with Crippen LogP contribution in [0.3, 0.4) is 0 Å². The van der Waals surface area contributed by atoms with Gasteiger partial charge >= 0.3 is 0 Å². The minimum Gasteiger partial charge on any atom is -0.399 e. The van der Waals surface area contributed by atoms with Crippen molar-refractivity contribution < 1.29 is 4.79 Å². The molecule has 6 nitrogen and oxygen atoms in total. The number of benzene rings is 1. The van der Waals surface area contributed by atoms with Crippen molar-refractivity contribution in [3.05, 3.63) is 41.5 Å². The topological polar surface area (TPSA) is 85.8 Å². The lowest BCUT2D eigenvalue weighted by Crippen LogP contribution is -2.28. The van der Waals surface area contributed by atoms with Crippen molar-refractivity contribution in [1.82, 2.24) is 20.1 Å². The molecule has 0 bridgehead atoms. The molecule has 1 aliphatic heterocycles. The lowest BCUT2D eigenvalue weighted by molar-refractivity contribution is 0.0937. The van der Waals surface area contributed by atoms with Gasteiger partial charge in [-0.15, -0.1) is 10.2 Å². The summed E-state index contributed by atoms with van der Waals surface area (Å²) in [5, 5.41) is 11.3. The van der Waals surface area contributed by atoms with Crippen molar-refractivity contribution >= 4 is 11.6 Å². The van der Waals surface area contributed by atoms with E-state index >= 15 is 0 Å². The number of carbonyl (C=O) groups excluding carboxylic acids is 1. The van der Waals surface area contributed by atoms with Gasteiger partial charge in [0.2, 0.25) is 0 Å². The van der Waals surface area contributed by atoms with Crippen molar-refractivity contribution in [2.45, 2.75) is 32.4 Å². The molecule has 0 saturated carbocycles. The molecule has 0 saturated heterocycles. The van der Waals surface area contributed by atoms with E-state index < -0.39 is 0 Å². The SMILES string of the molecule is CC(NC(=O)c1cccc(N)c1)c1nnc2n1CCC2. The van der Waals surface area contributed by atoms with Crippen LogP contribution in [0.5, 0.6) is 0 Å². The fraction of sp³-hybridized carbons (Fsp3) is 0.357. The fourth-order valence-electron chi connectivity index (χ4n) is 2.52. The third-order valence-corrected chi connectivity index (χ3v) is 3.52.